The molecule has 7 nitrogen and oxygen atoms in total. The summed E-state index contributed by atoms with van der Waals surface area (Å²) in [7, 11) is -3.74. The summed E-state index contributed by atoms with van der Waals surface area (Å²) in [6.45, 7) is 0.612. The van der Waals surface area contributed by atoms with Gasteiger partial charge >= 0.3 is 0 Å². The Bertz CT molecular complexity index is 1680. The van der Waals surface area contributed by atoms with Gasteiger partial charge in [0.25, 0.3) is 0 Å². The molecule has 2 N–H and O–H groups in total. The summed E-state index contributed by atoms with van der Waals surface area (Å²) < 4.78 is 43.0. The molecule has 0 aliphatic carbocycles. The van der Waals surface area contributed by atoms with Crippen LogP contribution in [0.4, 0.5) is 10.2 Å². The molecule has 0 fully saturated rings. The minimum atomic E-state index is -3.74. The van der Waals surface area contributed by atoms with E-state index in [-0.39, 0.29) is 11.4 Å². The minimum absolute atomic E-state index is 0.0137. The van der Waals surface area contributed by atoms with Gasteiger partial charge in [-0.25, -0.2) is 22.5 Å². The van der Waals surface area contributed by atoms with E-state index < -0.39 is 15.8 Å². The van der Waals surface area contributed by atoms with E-state index in [2.05, 4.69) is 31.1 Å². The maximum absolute atomic E-state index is 13.1. The minimum Gasteiger partial charge on any atom is -0.366 e. The number of hydrogen-bond donors (Lipinski definition) is 2. The molecule has 5 rings (SSSR count). The predicted octanol–water partition coefficient (Wildman–Crippen LogP) is 6.04. The van der Waals surface area contributed by atoms with E-state index >= 15 is 0 Å². The van der Waals surface area contributed by atoms with Crippen LogP contribution in [0.3, 0.4) is 0 Å². The van der Waals surface area contributed by atoms with Crippen molar-refractivity contribution < 1.29 is 12.8 Å². The van der Waals surface area contributed by atoms with Crippen LogP contribution in [-0.2, 0) is 23.1 Å². The normalized spacial score (nSPS) is 11.6. The third-order valence-corrected chi connectivity index (χ3v) is 7.97. The van der Waals surface area contributed by atoms with Gasteiger partial charge in [0.1, 0.15) is 11.6 Å². The van der Waals surface area contributed by atoms with Gasteiger partial charge in [0, 0.05) is 29.7 Å². The van der Waals surface area contributed by atoms with Crippen molar-refractivity contribution in [2.24, 2.45) is 0 Å². The highest BCUT2D eigenvalue weighted by Gasteiger charge is 2.15. The second kappa shape index (κ2) is 10.6. The van der Waals surface area contributed by atoms with Gasteiger partial charge < -0.3 is 5.32 Å². The second-order valence-electron chi connectivity index (χ2n) is 8.18. The van der Waals surface area contributed by atoms with Crippen LogP contribution in [0.1, 0.15) is 11.1 Å². The molecule has 37 heavy (non-hydrogen) atoms. The smallest absolute Gasteiger partial charge is 0.240 e. The van der Waals surface area contributed by atoms with Gasteiger partial charge in [-0.2, -0.15) is 9.61 Å². The molecule has 0 radical (unpaired) electrons. The number of fused-ring (bicyclic) bond motifs is 1. The van der Waals surface area contributed by atoms with Crippen molar-refractivity contribution in [1.82, 2.24) is 19.3 Å². The Labute approximate surface area is 226 Å². The van der Waals surface area contributed by atoms with E-state index in [9.17, 15) is 12.8 Å². The maximum Gasteiger partial charge on any atom is 0.240 e. The van der Waals surface area contributed by atoms with E-state index in [1.807, 2.05) is 54.6 Å². The molecule has 0 bridgehead atoms. The number of nitrogens with one attached hydrogen (secondary N) is 2. The second-order valence-corrected chi connectivity index (χ2v) is 11.2. The maximum atomic E-state index is 13.1. The zero-order valence-corrected chi connectivity index (χ0v) is 22.4. The average molecular weight is 601 g/mol. The fourth-order valence-corrected chi connectivity index (χ4v) is 5.31. The van der Waals surface area contributed by atoms with Crippen LogP contribution in [0.5, 0.6) is 0 Å². The molecule has 0 saturated heterocycles. The van der Waals surface area contributed by atoms with Gasteiger partial charge in [-0.05, 0) is 57.4 Å². The fourth-order valence-electron chi connectivity index (χ4n) is 3.71. The van der Waals surface area contributed by atoms with E-state index in [1.165, 1.54) is 12.1 Å². The molecule has 3 aromatic carbocycles. The molecule has 2 heterocycles. The lowest BCUT2D eigenvalue weighted by molar-refractivity contribution is 0.580. The van der Waals surface area contributed by atoms with Crippen LogP contribution in [0.15, 0.2) is 94.4 Å². The highest BCUT2D eigenvalue weighted by atomic mass is 79.9. The SMILES string of the molecule is O=S(=O)(NCc1ccc(CNc2cc(-c3ccccc3Cl)nc3c(Br)cnn23)cc1)c1ccc(F)cc1. The van der Waals surface area contributed by atoms with Gasteiger partial charge in [-0.1, -0.05) is 54.1 Å². The molecule has 0 atom stereocenters. The zero-order chi connectivity index (χ0) is 26.0. The number of nitrogens with zero attached hydrogens (tertiary/aromatic N) is 3. The number of sulfonamides is 1. The van der Waals surface area contributed by atoms with Gasteiger partial charge in [0.05, 0.1) is 21.3 Å². The molecule has 0 aliphatic rings. The number of anilines is 1. The number of rotatable bonds is 8. The lowest BCUT2D eigenvalue weighted by atomic mass is 10.1. The summed E-state index contributed by atoms with van der Waals surface area (Å²) in [5.41, 5.74) is 3.96. The zero-order valence-electron chi connectivity index (χ0n) is 19.2. The molecule has 5 aromatic rings. The van der Waals surface area contributed by atoms with Crippen molar-refractivity contribution in [3.63, 3.8) is 0 Å². The van der Waals surface area contributed by atoms with E-state index in [4.69, 9.17) is 16.6 Å². The van der Waals surface area contributed by atoms with Gasteiger partial charge in [-0.15, -0.1) is 0 Å². The topological polar surface area (TPSA) is 88.4 Å². The van der Waals surface area contributed by atoms with Crippen LogP contribution in [-0.4, -0.2) is 23.0 Å². The first kappa shape index (κ1) is 25.3. The summed E-state index contributed by atoms with van der Waals surface area (Å²) in [6, 6.07) is 21.7. The van der Waals surface area contributed by atoms with Crippen molar-refractivity contribution in [2.75, 3.05) is 5.32 Å². The standard InChI is InChI=1S/C26H20BrClFN5O2S/c27-22-16-31-34-25(13-24(33-26(22)34)21-3-1-2-4-23(21)28)30-14-17-5-7-18(8-6-17)15-32-37(35,36)20-11-9-19(29)10-12-20/h1-13,16,30,32H,14-15H2. The van der Waals surface area contributed by atoms with Crippen LogP contribution < -0.4 is 10.0 Å². The molecule has 11 heteroatoms. The Morgan fingerprint density at radius 3 is 2.32 bits per heavy atom. The van der Waals surface area contributed by atoms with Crippen molar-refractivity contribution in [3.8, 4) is 11.3 Å². The molecular weight excluding hydrogens is 581 g/mol. The number of benzene rings is 3. The van der Waals surface area contributed by atoms with Crippen LogP contribution >= 0.6 is 27.5 Å². The molecule has 0 saturated carbocycles. The first-order valence-corrected chi connectivity index (χ1v) is 13.8. The van der Waals surface area contributed by atoms with Gasteiger partial charge in [0.15, 0.2) is 5.65 Å². The van der Waals surface area contributed by atoms with E-state index in [1.54, 1.807) is 10.7 Å². The number of halogens is 3. The van der Waals surface area contributed by atoms with Crippen molar-refractivity contribution >= 4 is 49.0 Å². The summed E-state index contributed by atoms with van der Waals surface area (Å²) in [6.07, 6.45) is 1.69. The molecule has 2 aromatic heterocycles. The fraction of sp³-hybridized carbons (Fsp3) is 0.0769. The summed E-state index contributed by atoms with van der Waals surface area (Å²) in [5.74, 6) is 0.248. The molecule has 188 valence electrons. The van der Waals surface area contributed by atoms with Crippen LogP contribution in [0.2, 0.25) is 5.02 Å². The van der Waals surface area contributed by atoms with Crippen LogP contribution in [0.25, 0.3) is 16.9 Å². The van der Waals surface area contributed by atoms with E-state index in [0.717, 1.165) is 39.1 Å². The molecule has 0 spiro atoms. The van der Waals surface area contributed by atoms with Crippen molar-refractivity contribution in [2.45, 2.75) is 18.0 Å². The van der Waals surface area contributed by atoms with Gasteiger partial charge in [0.2, 0.25) is 10.0 Å². The van der Waals surface area contributed by atoms with Gasteiger partial charge in [-0.3, -0.25) is 0 Å². The Hall–Kier alpha value is -3.31. The monoisotopic (exact) mass is 599 g/mol. The summed E-state index contributed by atoms with van der Waals surface area (Å²) in [5, 5.41) is 8.41. The lowest BCUT2D eigenvalue weighted by Gasteiger charge is -2.12. The van der Waals surface area contributed by atoms with Crippen molar-refractivity contribution in [3.05, 3.63) is 111 Å². The Balaban J connectivity index is 1.30. The first-order valence-electron chi connectivity index (χ1n) is 11.2. The average Bonchev–Trinajstić information content (AvgIpc) is 3.28. The quantitative estimate of drug-likeness (QED) is 0.227. The number of aromatic nitrogens is 3. The largest absolute Gasteiger partial charge is 0.366 e. The van der Waals surface area contributed by atoms with Crippen molar-refractivity contribution in [1.29, 1.82) is 0 Å². The number of hydrogen-bond acceptors (Lipinski definition) is 5. The predicted molar refractivity (Wildman–Crippen MR) is 145 cm³/mol. The summed E-state index contributed by atoms with van der Waals surface area (Å²) >= 11 is 9.91. The Kier molecular flexibility index (Phi) is 7.25. The third-order valence-electron chi connectivity index (χ3n) is 5.67. The lowest BCUT2D eigenvalue weighted by Crippen LogP contribution is -2.23. The molecule has 0 aliphatic heterocycles. The molecule has 0 unspecified atom stereocenters. The van der Waals surface area contributed by atoms with Crippen LogP contribution in [0, 0.1) is 5.82 Å². The highest BCUT2D eigenvalue weighted by molar-refractivity contribution is 9.10. The Morgan fingerprint density at radius 1 is 0.946 bits per heavy atom. The Morgan fingerprint density at radius 2 is 1.62 bits per heavy atom. The highest BCUT2D eigenvalue weighted by Crippen LogP contribution is 2.30. The first-order chi connectivity index (χ1) is 17.8. The molecule has 0 amide bonds. The third kappa shape index (κ3) is 5.67. The van der Waals surface area contributed by atoms with E-state index in [0.29, 0.717) is 22.9 Å². The summed E-state index contributed by atoms with van der Waals surface area (Å²) in [4.78, 5) is 4.73. The molecular formula is C26H20BrClFN5O2S.